The average Bonchev–Trinajstić information content (AvgIpc) is 3.33. The van der Waals surface area contributed by atoms with E-state index in [1.807, 2.05) is 16.3 Å². The van der Waals surface area contributed by atoms with Gasteiger partial charge in [0, 0.05) is 58.3 Å². The molecule has 174 valence electrons. The third-order valence-corrected chi connectivity index (χ3v) is 8.38. The van der Waals surface area contributed by atoms with Crippen LogP contribution in [-0.2, 0) is 11.3 Å². The maximum Gasteiger partial charge on any atom is 0.272 e. The quantitative estimate of drug-likeness (QED) is 0.689. The van der Waals surface area contributed by atoms with Gasteiger partial charge in [-0.15, -0.1) is 11.3 Å². The molecular formula is C24H35N5O2S. The molecule has 1 saturated carbocycles. The van der Waals surface area contributed by atoms with Gasteiger partial charge in [0.05, 0.1) is 5.52 Å². The van der Waals surface area contributed by atoms with Gasteiger partial charge in [-0.2, -0.15) is 0 Å². The number of piperidine rings is 1. The van der Waals surface area contributed by atoms with E-state index in [1.54, 1.807) is 4.57 Å². The molecule has 4 heterocycles. The van der Waals surface area contributed by atoms with E-state index in [2.05, 4.69) is 9.80 Å². The molecule has 1 amide bonds. The Morgan fingerprint density at radius 1 is 0.969 bits per heavy atom. The highest BCUT2D eigenvalue weighted by molar-refractivity contribution is 7.17. The fourth-order valence-corrected chi connectivity index (χ4v) is 6.40. The van der Waals surface area contributed by atoms with Crippen LogP contribution in [0.4, 0.5) is 5.95 Å². The summed E-state index contributed by atoms with van der Waals surface area (Å²) in [5.74, 6) is 0.909. The molecule has 2 saturated heterocycles. The van der Waals surface area contributed by atoms with E-state index in [9.17, 15) is 9.59 Å². The highest BCUT2D eigenvalue weighted by Crippen LogP contribution is 2.24. The van der Waals surface area contributed by atoms with Crippen LogP contribution >= 0.6 is 11.3 Å². The molecule has 3 aliphatic rings. The Labute approximate surface area is 194 Å². The number of aromatic nitrogens is 2. The summed E-state index contributed by atoms with van der Waals surface area (Å²) in [6.07, 6.45) is 10.5. The van der Waals surface area contributed by atoms with Gasteiger partial charge in [-0.05, 0) is 43.6 Å². The third kappa shape index (κ3) is 4.57. The highest BCUT2D eigenvalue weighted by Gasteiger charge is 2.27. The number of fused-ring (bicyclic) bond motifs is 1. The molecule has 0 N–H and O–H groups in total. The zero-order chi connectivity index (χ0) is 21.9. The van der Waals surface area contributed by atoms with E-state index in [0.717, 1.165) is 69.6 Å². The molecule has 0 radical (unpaired) electrons. The molecule has 32 heavy (non-hydrogen) atoms. The van der Waals surface area contributed by atoms with E-state index >= 15 is 0 Å². The lowest BCUT2D eigenvalue weighted by molar-refractivity contribution is -0.133. The number of piperazine rings is 1. The maximum atomic E-state index is 13.2. The first kappa shape index (κ1) is 21.9. The Hall–Kier alpha value is -1.93. The molecule has 2 aliphatic heterocycles. The summed E-state index contributed by atoms with van der Waals surface area (Å²) in [4.78, 5) is 37.9. The Morgan fingerprint density at radius 2 is 1.69 bits per heavy atom. The molecule has 0 atom stereocenters. The second-order valence-electron chi connectivity index (χ2n) is 9.51. The van der Waals surface area contributed by atoms with Crippen LogP contribution in [0.2, 0.25) is 0 Å². The second kappa shape index (κ2) is 9.91. The lowest BCUT2D eigenvalue weighted by Crippen LogP contribution is -2.52. The number of rotatable bonds is 5. The standard InChI is InChI=1S/C24H35N5O2S/c30-21(27-16-14-26(15-17-27)19-7-3-1-4-8-19)9-13-29-23(31)22-20(10-18-32-22)25-24(29)28-11-5-2-6-12-28/h10,18-19H,1-9,11-17H2. The number of anilines is 1. The summed E-state index contributed by atoms with van der Waals surface area (Å²) >= 11 is 1.44. The van der Waals surface area contributed by atoms with Gasteiger partial charge < -0.3 is 9.80 Å². The van der Waals surface area contributed by atoms with Gasteiger partial charge >= 0.3 is 0 Å². The van der Waals surface area contributed by atoms with Gasteiger partial charge in [0.1, 0.15) is 4.70 Å². The Morgan fingerprint density at radius 3 is 2.44 bits per heavy atom. The summed E-state index contributed by atoms with van der Waals surface area (Å²) in [6, 6.07) is 2.64. The minimum Gasteiger partial charge on any atom is -0.342 e. The largest absolute Gasteiger partial charge is 0.342 e. The zero-order valence-electron chi connectivity index (χ0n) is 19.0. The molecule has 0 unspecified atom stereocenters. The van der Waals surface area contributed by atoms with Crippen molar-refractivity contribution in [3.05, 3.63) is 21.8 Å². The summed E-state index contributed by atoms with van der Waals surface area (Å²) in [5, 5.41) is 1.93. The molecule has 1 aliphatic carbocycles. The molecule has 0 spiro atoms. The number of thiophene rings is 1. The van der Waals surface area contributed by atoms with Crippen molar-refractivity contribution in [2.24, 2.45) is 0 Å². The average molecular weight is 458 g/mol. The van der Waals surface area contributed by atoms with Crippen LogP contribution in [0.15, 0.2) is 16.2 Å². The molecule has 0 aromatic carbocycles. The fraction of sp³-hybridized carbons (Fsp3) is 0.708. The van der Waals surface area contributed by atoms with Crippen LogP contribution in [0.25, 0.3) is 10.2 Å². The number of carbonyl (C=O) groups is 1. The molecule has 8 heteroatoms. The highest BCUT2D eigenvalue weighted by atomic mass is 32.1. The monoisotopic (exact) mass is 457 g/mol. The second-order valence-corrected chi connectivity index (χ2v) is 10.4. The van der Waals surface area contributed by atoms with E-state index in [4.69, 9.17) is 4.98 Å². The molecule has 7 nitrogen and oxygen atoms in total. The number of carbonyl (C=O) groups excluding carboxylic acids is 1. The van der Waals surface area contributed by atoms with Crippen LogP contribution in [0.5, 0.6) is 0 Å². The lowest BCUT2D eigenvalue weighted by atomic mass is 9.94. The number of hydrogen-bond donors (Lipinski definition) is 0. The first-order chi connectivity index (χ1) is 15.7. The van der Waals surface area contributed by atoms with E-state index in [1.165, 1.54) is 49.9 Å². The molecule has 2 aromatic rings. The first-order valence-electron chi connectivity index (χ1n) is 12.5. The van der Waals surface area contributed by atoms with Gasteiger partial charge in [-0.1, -0.05) is 19.3 Å². The van der Waals surface area contributed by atoms with E-state index < -0.39 is 0 Å². The van der Waals surface area contributed by atoms with Crippen LogP contribution in [0.1, 0.15) is 57.8 Å². The number of hydrogen-bond acceptors (Lipinski definition) is 6. The number of amides is 1. The summed E-state index contributed by atoms with van der Waals surface area (Å²) < 4.78 is 2.46. The molecule has 5 rings (SSSR count). The zero-order valence-corrected chi connectivity index (χ0v) is 19.8. The van der Waals surface area contributed by atoms with Crippen molar-refractivity contribution in [2.75, 3.05) is 44.2 Å². The van der Waals surface area contributed by atoms with Crippen LogP contribution in [-0.4, -0.2) is 70.6 Å². The van der Waals surface area contributed by atoms with Crippen molar-refractivity contribution >= 4 is 33.4 Å². The van der Waals surface area contributed by atoms with Crippen molar-refractivity contribution < 1.29 is 4.79 Å². The van der Waals surface area contributed by atoms with E-state index in [0.29, 0.717) is 17.7 Å². The van der Waals surface area contributed by atoms with Gasteiger partial charge in [0.25, 0.3) is 5.56 Å². The van der Waals surface area contributed by atoms with Gasteiger partial charge in [-0.25, -0.2) is 4.98 Å². The van der Waals surface area contributed by atoms with Crippen LogP contribution < -0.4 is 10.5 Å². The van der Waals surface area contributed by atoms with Crippen LogP contribution in [0.3, 0.4) is 0 Å². The Bertz CT molecular complexity index is 982. The predicted molar refractivity (Wildman–Crippen MR) is 130 cm³/mol. The van der Waals surface area contributed by atoms with E-state index in [-0.39, 0.29) is 11.5 Å². The van der Waals surface area contributed by atoms with Gasteiger partial charge in [-0.3, -0.25) is 19.1 Å². The summed E-state index contributed by atoms with van der Waals surface area (Å²) in [5.41, 5.74) is 0.780. The van der Waals surface area contributed by atoms with Gasteiger partial charge in [0.15, 0.2) is 0 Å². The fourth-order valence-electron chi connectivity index (χ4n) is 5.62. The van der Waals surface area contributed by atoms with Crippen molar-refractivity contribution in [3.8, 4) is 0 Å². The smallest absolute Gasteiger partial charge is 0.272 e. The van der Waals surface area contributed by atoms with Crippen molar-refractivity contribution in [3.63, 3.8) is 0 Å². The molecule has 0 bridgehead atoms. The molecule has 3 fully saturated rings. The topological polar surface area (TPSA) is 61.7 Å². The third-order valence-electron chi connectivity index (χ3n) is 7.49. The molecular weight excluding hydrogens is 422 g/mol. The minimum atomic E-state index is 0.000455. The summed E-state index contributed by atoms with van der Waals surface area (Å²) in [7, 11) is 0. The summed E-state index contributed by atoms with van der Waals surface area (Å²) in [6.45, 7) is 5.86. The SMILES string of the molecule is O=C(CCn1c(N2CCCCC2)nc2ccsc2c1=O)N1CCN(C2CCCCC2)CC1. The maximum absolute atomic E-state index is 13.2. The van der Waals surface area contributed by atoms with Crippen molar-refractivity contribution in [1.82, 2.24) is 19.4 Å². The van der Waals surface area contributed by atoms with Crippen LogP contribution in [0, 0.1) is 0 Å². The normalized spacial score (nSPS) is 21.4. The van der Waals surface area contributed by atoms with Crippen molar-refractivity contribution in [2.45, 2.75) is 70.4 Å². The minimum absolute atomic E-state index is 0.000455. The van der Waals surface area contributed by atoms with Crippen molar-refractivity contribution in [1.29, 1.82) is 0 Å². The number of nitrogens with zero attached hydrogens (tertiary/aromatic N) is 5. The molecule has 2 aromatic heterocycles. The Kier molecular flexibility index (Phi) is 6.78. The Balaban J connectivity index is 1.25. The predicted octanol–water partition coefficient (Wildman–Crippen LogP) is 3.32. The lowest BCUT2D eigenvalue weighted by Gasteiger charge is -2.40. The van der Waals surface area contributed by atoms with Gasteiger partial charge in [0.2, 0.25) is 11.9 Å². The first-order valence-corrected chi connectivity index (χ1v) is 13.3.